The van der Waals surface area contributed by atoms with Gasteiger partial charge in [-0.15, -0.1) is 0 Å². The highest BCUT2D eigenvalue weighted by molar-refractivity contribution is 5.83. The van der Waals surface area contributed by atoms with Crippen LogP contribution in [0.3, 0.4) is 0 Å². The molecule has 18 heavy (non-hydrogen) atoms. The molecule has 1 fully saturated rings. The number of aliphatic hydroxyl groups is 1. The third kappa shape index (κ3) is 4.25. The van der Waals surface area contributed by atoms with Gasteiger partial charge in [-0.1, -0.05) is 20.8 Å². The molecule has 1 heterocycles. The summed E-state index contributed by atoms with van der Waals surface area (Å²) in [7, 11) is 0. The number of nitrogens with zero attached hydrogens (tertiary/aromatic N) is 1. The van der Waals surface area contributed by atoms with Gasteiger partial charge in [0.2, 0.25) is 5.91 Å². The van der Waals surface area contributed by atoms with Gasteiger partial charge in [-0.2, -0.15) is 0 Å². The van der Waals surface area contributed by atoms with Crippen LogP contribution >= 0.6 is 0 Å². The molecule has 0 aromatic carbocycles. The lowest BCUT2D eigenvalue weighted by Crippen LogP contribution is -2.57. The van der Waals surface area contributed by atoms with Crippen LogP contribution in [0.2, 0.25) is 0 Å². The van der Waals surface area contributed by atoms with Crippen LogP contribution in [-0.4, -0.2) is 46.7 Å². The number of likely N-dealkylation sites (tertiary alicyclic amines) is 1. The van der Waals surface area contributed by atoms with Gasteiger partial charge in [0.1, 0.15) is 0 Å². The monoisotopic (exact) mass is 256 g/mol. The Morgan fingerprint density at radius 3 is 2.17 bits per heavy atom. The maximum Gasteiger partial charge on any atom is 0.240 e. The molecule has 0 saturated carbocycles. The second-order valence-corrected chi connectivity index (χ2v) is 7.42. The highest BCUT2D eigenvalue weighted by Crippen LogP contribution is 2.24. The van der Waals surface area contributed by atoms with Gasteiger partial charge in [0, 0.05) is 18.6 Å². The average Bonchev–Trinajstić information content (AvgIpc) is 2.57. The zero-order chi connectivity index (χ0) is 14.1. The van der Waals surface area contributed by atoms with Gasteiger partial charge >= 0.3 is 0 Å². The van der Waals surface area contributed by atoms with Crippen LogP contribution < -0.4 is 5.32 Å². The van der Waals surface area contributed by atoms with Crippen LogP contribution in [0.1, 0.15) is 48.0 Å². The van der Waals surface area contributed by atoms with E-state index in [1.54, 1.807) is 4.90 Å². The molecule has 0 spiro atoms. The Morgan fingerprint density at radius 2 is 1.83 bits per heavy atom. The van der Waals surface area contributed by atoms with Crippen LogP contribution in [0.4, 0.5) is 0 Å². The molecule has 0 bridgehead atoms. The van der Waals surface area contributed by atoms with Crippen molar-refractivity contribution in [1.82, 2.24) is 10.2 Å². The number of hydrogen-bond acceptors (Lipinski definition) is 3. The first-order chi connectivity index (χ1) is 8.00. The number of aliphatic hydroxyl groups excluding tert-OH is 1. The number of hydrogen-bond donors (Lipinski definition) is 2. The fourth-order valence-electron chi connectivity index (χ4n) is 2.21. The minimum Gasteiger partial charge on any atom is -0.391 e. The van der Waals surface area contributed by atoms with Crippen molar-refractivity contribution >= 4 is 5.91 Å². The Hall–Kier alpha value is -0.610. The Morgan fingerprint density at radius 1 is 1.28 bits per heavy atom. The molecule has 0 aromatic heterocycles. The zero-order valence-corrected chi connectivity index (χ0v) is 12.6. The first-order valence-electron chi connectivity index (χ1n) is 6.75. The molecule has 1 saturated heterocycles. The summed E-state index contributed by atoms with van der Waals surface area (Å²) in [6, 6.07) is -0.220. The number of carbonyl (C=O) groups is 1. The lowest BCUT2D eigenvalue weighted by atomic mass is 9.84. The minimum atomic E-state index is -0.357. The fourth-order valence-corrected chi connectivity index (χ4v) is 2.21. The molecule has 2 atom stereocenters. The first kappa shape index (κ1) is 15.4. The third-order valence-corrected chi connectivity index (χ3v) is 3.17. The molecule has 2 N–H and O–H groups in total. The molecule has 0 unspecified atom stereocenters. The van der Waals surface area contributed by atoms with Crippen LogP contribution in [0, 0.1) is 5.41 Å². The number of carbonyl (C=O) groups excluding carboxylic acids is 1. The summed E-state index contributed by atoms with van der Waals surface area (Å²) in [5.41, 5.74) is -0.246. The zero-order valence-electron chi connectivity index (χ0n) is 12.6. The van der Waals surface area contributed by atoms with Crippen LogP contribution in [-0.2, 0) is 4.79 Å². The summed E-state index contributed by atoms with van der Waals surface area (Å²) in [5, 5.41) is 13.0. The molecule has 0 aliphatic carbocycles. The van der Waals surface area contributed by atoms with E-state index in [2.05, 4.69) is 46.9 Å². The van der Waals surface area contributed by atoms with Gasteiger partial charge < -0.3 is 15.3 Å². The Kier molecular flexibility index (Phi) is 4.44. The summed E-state index contributed by atoms with van der Waals surface area (Å²) in [6.07, 6.45) is 0.335. The number of amides is 1. The molecular formula is C14H28N2O2. The lowest BCUT2D eigenvalue weighted by Gasteiger charge is -2.38. The normalized spacial score (nSPS) is 23.3. The molecule has 1 aliphatic heterocycles. The number of rotatable bonds is 2. The van der Waals surface area contributed by atoms with E-state index in [-0.39, 0.29) is 29.0 Å². The Bertz CT molecular complexity index is 302. The molecule has 0 aromatic rings. The van der Waals surface area contributed by atoms with E-state index in [9.17, 15) is 9.90 Å². The number of nitrogens with one attached hydrogen (secondary N) is 1. The topological polar surface area (TPSA) is 52.6 Å². The highest BCUT2D eigenvalue weighted by Gasteiger charge is 2.38. The Labute approximate surface area is 111 Å². The van der Waals surface area contributed by atoms with Crippen molar-refractivity contribution in [2.24, 2.45) is 5.41 Å². The van der Waals surface area contributed by atoms with Crippen molar-refractivity contribution in [2.45, 2.75) is 65.6 Å². The molecule has 0 radical (unpaired) electrons. The van der Waals surface area contributed by atoms with Crippen LogP contribution in [0.25, 0.3) is 0 Å². The van der Waals surface area contributed by atoms with E-state index in [0.717, 1.165) is 0 Å². The largest absolute Gasteiger partial charge is 0.391 e. The summed E-state index contributed by atoms with van der Waals surface area (Å²) < 4.78 is 0. The molecule has 1 rings (SSSR count). The predicted octanol–water partition coefficient (Wildman–Crippen LogP) is 1.38. The summed E-state index contributed by atoms with van der Waals surface area (Å²) in [4.78, 5) is 14.3. The van der Waals surface area contributed by atoms with E-state index in [4.69, 9.17) is 0 Å². The van der Waals surface area contributed by atoms with E-state index in [0.29, 0.717) is 19.5 Å². The number of β-amino-alcohol motifs (C(OH)–C–C–N with tert-alkyl or cyclic N) is 1. The van der Waals surface area contributed by atoms with Gasteiger partial charge in [-0.25, -0.2) is 0 Å². The van der Waals surface area contributed by atoms with Crippen LogP contribution in [0.15, 0.2) is 0 Å². The van der Waals surface area contributed by atoms with Crippen LogP contribution in [0.5, 0.6) is 0 Å². The second kappa shape index (κ2) is 5.17. The van der Waals surface area contributed by atoms with Crippen molar-refractivity contribution in [3.63, 3.8) is 0 Å². The molecule has 106 valence electrons. The van der Waals surface area contributed by atoms with Crippen molar-refractivity contribution < 1.29 is 9.90 Å². The second-order valence-electron chi connectivity index (χ2n) is 7.42. The standard InChI is InChI=1S/C14H28N2O2/c1-13(2,3)11(15-14(4,5)6)12(18)16-8-7-10(17)9-16/h10-11,15,17H,7-9H2,1-6H3/t10-,11-/m1/s1. The van der Waals surface area contributed by atoms with Crippen molar-refractivity contribution in [1.29, 1.82) is 0 Å². The molecule has 4 heteroatoms. The molecule has 4 nitrogen and oxygen atoms in total. The Balaban J connectivity index is 2.80. The van der Waals surface area contributed by atoms with Gasteiger partial charge in [0.15, 0.2) is 0 Å². The quantitative estimate of drug-likeness (QED) is 0.785. The molecule has 1 amide bonds. The maximum atomic E-state index is 12.6. The molecule has 1 aliphatic rings. The summed E-state index contributed by atoms with van der Waals surface area (Å²) in [6.45, 7) is 13.5. The van der Waals surface area contributed by atoms with Gasteiger partial charge in [0.25, 0.3) is 0 Å². The van der Waals surface area contributed by atoms with Gasteiger partial charge in [-0.05, 0) is 32.6 Å². The summed E-state index contributed by atoms with van der Waals surface area (Å²) >= 11 is 0. The van der Waals surface area contributed by atoms with E-state index < -0.39 is 0 Å². The third-order valence-electron chi connectivity index (χ3n) is 3.17. The minimum absolute atomic E-state index is 0.105. The smallest absolute Gasteiger partial charge is 0.240 e. The average molecular weight is 256 g/mol. The fraction of sp³-hybridized carbons (Fsp3) is 0.929. The van der Waals surface area contributed by atoms with Crippen molar-refractivity contribution in [3.8, 4) is 0 Å². The lowest BCUT2D eigenvalue weighted by molar-refractivity contribution is -0.136. The van der Waals surface area contributed by atoms with Crippen molar-refractivity contribution in [3.05, 3.63) is 0 Å². The van der Waals surface area contributed by atoms with E-state index in [1.807, 2.05) is 0 Å². The van der Waals surface area contributed by atoms with E-state index in [1.165, 1.54) is 0 Å². The van der Waals surface area contributed by atoms with Gasteiger partial charge in [-0.3, -0.25) is 4.79 Å². The maximum absolute atomic E-state index is 12.6. The van der Waals surface area contributed by atoms with E-state index >= 15 is 0 Å². The highest BCUT2D eigenvalue weighted by atomic mass is 16.3. The first-order valence-corrected chi connectivity index (χ1v) is 6.75. The SMILES string of the molecule is CC(C)(C)N[C@H](C(=O)N1CC[C@@H](O)C1)C(C)(C)C. The predicted molar refractivity (Wildman–Crippen MR) is 73.3 cm³/mol. The van der Waals surface area contributed by atoms with Gasteiger partial charge in [0.05, 0.1) is 12.1 Å². The molecular weight excluding hydrogens is 228 g/mol. The van der Waals surface area contributed by atoms with Crippen molar-refractivity contribution in [2.75, 3.05) is 13.1 Å². The summed E-state index contributed by atoms with van der Waals surface area (Å²) in [5.74, 6) is 0.106.